The summed E-state index contributed by atoms with van der Waals surface area (Å²) in [4.78, 5) is 12.4. The molecule has 0 aliphatic heterocycles. The van der Waals surface area contributed by atoms with E-state index in [1.165, 1.54) is 12.8 Å². The summed E-state index contributed by atoms with van der Waals surface area (Å²) < 4.78 is 1.80. The van der Waals surface area contributed by atoms with Gasteiger partial charge in [0.05, 0.1) is 0 Å². The van der Waals surface area contributed by atoms with E-state index in [2.05, 4.69) is 33.0 Å². The first kappa shape index (κ1) is 14.8. The lowest BCUT2D eigenvalue weighted by molar-refractivity contribution is -0.126. The smallest absolute Gasteiger partial charge is 0.223 e. The zero-order valence-corrected chi connectivity index (χ0v) is 13.5. The van der Waals surface area contributed by atoms with Gasteiger partial charge in [-0.15, -0.1) is 5.10 Å². The van der Waals surface area contributed by atoms with E-state index in [9.17, 15) is 4.79 Å². The van der Waals surface area contributed by atoms with Crippen molar-refractivity contribution in [3.05, 3.63) is 18.5 Å². The number of aromatic nitrogens is 4. The zero-order valence-electron chi connectivity index (χ0n) is 13.5. The number of allylic oxidation sites excluding steroid dienone is 2. The fraction of sp³-hybridized carbons (Fsp3) is 0.765. The van der Waals surface area contributed by atoms with Crippen LogP contribution < -0.4 is 5.32 Å². The standard InChI is InChI=1S/C17H25N5O/c23-17(18-9-16-8-13-3-6-15(16)7-13)14-4-1-12(2-5-14)10-22-11-19-20-21-22/h3,6,11-16H,1-2,4-5,7-10H2,(H,18,23)/t12?,13-,14?,15-,16-/m1/s1. The predicted molar refractivity (Wildman–Crippen MR) is 85.1 cm³/mol. The molecule has 3 aliphatic carbocycles. The van der Waals surface area contributed by atoms with Crippen LogP contribution >= 0.6 is 0 Å². The summed E-state index contributed by atoms with van der Waals surface area (Å²) in [5, 5.41) is 14.5. The average Bonchev–Trinajstić information content (AvgIpc) is 3.31. The molecule has 0 radical (unpaired) electrons. The van der Waals surface area contributed by atoms with Gasteiger partial charge in [0.25, 0.3) is 0 Å². The maximum Gasteiger partial charge on any atom is 0.223 e. The van der Waals surface area contributed by atoms with Gasteiger partial charge >= 0.3 is 0 Å². The highest BCUT2D eigenvalue weighted by molar-refractivity contribution is 5.78. The molecule has 0 spiro atoms. The van der Waals surface area contributed by atoms with Crippen molar-refractivity contribution >= 4 is 5.91 Å². The lowest BCUT2D eigenvalue weighted by atomic mass is 9.81. The Hall–Kier alpha value is -1.72. The van der Waals surface area contributed by atoms with E-state index in [-0.39, 0.29) is 11.8 Å². The van der Waals surface area contributed by atoms with E-state index >= 15 is 0 Å². The minimum atomic E-state index is 0.203. The van der Waals surface area contributed by atoms with Gasteiger partial charge in [0.2, 0.25) is 5.91 Å². The van der Waals surface area contributed by atoms with Gasteiger partial charge in [-0.2, -0.15) is 0 Å². The van der Waals surface area contributed by atoms with Crippen LogP contribution in [0.25, 0.3) is 0 Å². The number of nitrogens with one attached hydrogen (secondary N) is 1. The van der Waals surface area contributed by atoms with Crippen molar-refractivity contribution in [3.8, 4) is 0 Å². The summed E-state index contributed by atoms with van der Waals surface area (Å²) >= 11 is 0. The average molecular weight is 315 g/mol. The summed E-state index contributed by atoms with van der Waals surface area (Å²) in [6, 6.07) is 0. The highest BCUT2D eigenvalue weighted by Gasteiger charge is 2.36. The van der Waals surface area contributed by atoms with Crippen LogP contribution in [0.2, 0.25) is 0 Å². The van der Waals surface area contributed by atoms with Crippen molar-refractivity contribution < 1.29 is 4.79 Å². The molecule has 4 rings (SSSR count). The van der Waals surface area contributed by atoms with Crippen LogP contribution in [-0.2, 0) is 11.3 Å². The van der Waals surface area contributed by atoms with E-state index in [1.807, 2.05) is 0 Å². The van der Waals surface area contributed by atoms with Crippen molar-refractivity contribution in [2.75, 3.05) is 6.54 Å². The Kier molecular flexibility index (Phi) is 4.14. The normalized spacial score (nSPS) is 35.6. The van der Waals surface area contributed by atoms with E-state index in [1.54, 1.807) is 11.0 Å². The first-order valence-electron chi connectivity index (χ1n) is 8.94. The summed E-state index contributed by atoms with van der Waals surface area (Å²) in [6.07, 6.45) is 13.1. The molecule has 1 aromatic heterocycles. The Labute approximate surface area is 136 Å². The maximum absolute atomic E-state index is 12.4. The number of rotatable bonds is 5. The van der Waals surface area contributed by atoms with Gasteiger partial charge in [0, 0.05) is 19.0 Å². The third-order valence-electron chi connectivity index (χ3n) is 6.01. The number of amides is 1. The lowest BCUT2D eigenvalue weighted by Crippen LogP contribution is -2.37. The Morgan fingerprint density at radius 2 is 2.04 bits per heavy atom. The van der Waals surface area contributed by atoms with E-state index in [0.717, 1.165) is 44.7 Å². The van der Waals surface area contributed by atoms with Crippen molar-refractivity contribution in [2.45, 2.75) is 45.1 Å². The van der Waals surface area contributed by atoms with Crippen LogP contribution in [0.1, 0.15) is 38.5 Å². The molecule has 1 heterocycles. The molecule has 6 nitrogen and oxygen atoms in total. The van der Waals surface area contributed by atoms with Gasteiger partial charge in [-0.3, -0.25) is 4.79 Å². The lowest BCUT2D eigenvalue weighted by Gasteiger charge is -2.28. The van der Waals surface area contributed by atoms with Gasteiger partial charge in [-0.25, -0.2) is 4.68 Å². The summed E-state index contributed by atoms with van der Waals surface area (Å²) in [7, 11) is 0. The number of nitrogens with zero attached hydrogens (tertiary/aromatic N) is 4. The number of carbonyl (C=O) groups is 1. The summed E-state index contributed by atoms with van der Waals surface area (Å²) in [5.41, 5.74) is 0. The van der Waals surface area contributed by atoms with Crippen molar-refractivity contribution in [3.63, 3.8) is 0 Å². The molecule has 124 valence electrons. The number of hydrogen-bond donors (Lipinski definition) is 1. The summed E-state index contributed by atoms with van der Waals surface area (Å²) in [6.45, 7) is 1.74. The second-order valence-electron chi connectivity index (χ2n) is 7.53. The zero-order chi connectivity index (χ0) is 15.6. The van der Waals surface area contributed by atoms with Crippen LogP contribution in [0.15, 0.2) is 18.5 Å². The fourth-order valence-electron chi connectivity index (χ4n) is 4.64. The van der Waals surface area contributed by atoms with Gasteiger partial charge in [-0.1, -0.05) is 12.2 Å². The van der Waals surface area contributed by atoms with Crippen LogP contribution in [0.4, 0.5) is 0 Å². The highest BCUT2D eigenvalue weighted by Crippen LogP contribution is 2.43. The molecule has 1 aromatic rings. The van der Waals surface area contributed by atoms with E-state index in [4.69, 9.17) is 0 Å². The molecule has 2 fully saturated rings. The molecule has 3 atom stereocenters. The molecule has 1 N–H and O–H groups in total. The largest absolute Gasteiger partial charge is 0.356 e. The fourth-order valence-corrected chi connectivity index (χ4v) is 4.64. The molecule has 2 saturated carbocycles. The molecule has 2 bridgehead atoms. The molecule has 3 aliphatic rings. The Balaban J connectivity index is 1.19. The van der Waals surface area contributed by atoms with Crippen LogP contribution in [0.5, 0.6) is 0 Å². The topological polar surface area (TPSA) is 72.7 Å². The van der Waals surface area contributed by atoms with Crippen molar-refractivity contribution in [2.24, 2.45) is 29.6 Å². The number of hydrogen-bond acceptors (Lipinski definition) is 4. The molecule has 1 amide bonds. The number of tetrazole rings is 1. The minimum absolute atomic E-state index is 0.203. The minimum Gasteiger partial charge on any atom is -0.356 e. The third kappa shape index (κ3) is 3.31. The first-order valence-corrected chi connectivity index (χ1v) is 8.94. The Morgan fingerprint density at radius 3 is 2.70 bits per heavy atom. The molecular weight excluding hydrogens is 290 g/mol. The van der Waals surface area contributed by atoms with Gasteiger partial charge in [0.1, 0.15) is 6.33 Å². The van der Waals surface area contributed by atoms with Gasteiger partial charge in [0.15, 0.2) is 0 Å². The van der Waals surface area contributed by atoms with Gasteiger partial charge < -0.3 is 5.32 Å². The molecular formula is C17H25N5O. The number of carbonyl (C=O) groups excluding carboxylic acids is 1. The van der Waals surface area contributed by atoms with E-state index < -0.39 is 0 Å². The van der Waals surface area contributed by atoms with Crippen LogP contribution in [-0.4, -0.2) is 32.7 Å². The van der Waals surface area contributed by atoms with Crippen LogP contribution in [0.3, 0.4) is 0 Å². The third-order valence-corrected chi connectivity index (χ3v) is 6.01. The van der Waals surface area contributed by atoms with Crippen LogP contribution in [0, 0.1) is 29.6 Å². The molecule has 23 heavy (non-hydrogen) atoms. The SMILES string of the molecule is O=C(NC[C@H]1C[C@@H]2C=C[C@@H]1C2)C1CCC(Cn2cnnn2)CC1. The van der Waals surface area contributed by atoms with Crippen molar-refractivity contribution in [1.82, 2.24) is 25.5 Å². The molecule has 0 aromatic carbocycles. The van der Waals surface area contributed by atoms with Crippen molar-refractivity contribution in [1.29, 1.82) is 0 Å². The summed E-state index contributed by atoms with van der Waals surface area (Å²) in [5.74, 6) is 3.24. The Bertz CT molecular complexity index is 562. The van der Waals surface area contributed by atoms with E-state index in [0.29, 0.717) is 17.8 Å². The molecule has 6 heteroatoms. The highest BCUT2D eigenvalue weighted by atomic mass is 16.1. The molecule has 0 saturated heterocycles. The second kappa shape index (κ2) is 6.42. The van der Waals surface area contributed by atoms with Gasteiger partial charge in [-0.05, 0) is 72.6 Å². The Morgan fingerprint density at radius 1 is 1.17 bits per heavy atom. The number of fused-ring (bicyclic) bond motifs is 2. The quantitative estimate of drug-likeness (QED) is 0.841. The maximum atomic E-state index is 12.4. The molecule has 0 unspecified atom stereocenters. The monoisotopic (exact) mass is 315 g/mol. The second-order valence-corrected chi connectivity index (χ2v) is 7.53. The predicted octanol–water partition coefficient (Wildman–Crippen LogP) is 1.81. The first-order chi connectivity index (χ1) is 11.3.